The SMILES string of the molecule is CSc1cccc(N(CC(=O)NCCCc2cccc(C)c2)S(C)(=O)=O)c1. The molecule has 2 aromatic carbocycles. The van der Waals surface area contributed by atoms with E-state index < -0.39 is 10.0 Å². The van der Waals surface area contributed by atoms with Crippen molar-refractivity contribution in [2.45, 2.75) is 24.7 Å². The van der Waals surface area contributed by atoms with Crippen LogP contribution in [0.2, 0.25) is 0 Å². The number of hydrogen-bond donors (Lipinski definition) is 1. The van der Waals surface area contributed by atoms with Gasteiger partial charge in [-0.3, -0.25) is 9.10 Å². The number of nitrogens with zero attached hydrogens (tertiary/aromatic N) is 1. The zero-order chi connectivity index (χ0) is 19.9. The number of hydrogen-bond acceptors (Lipinski definition) is 4. The summed E-state index contributed by atoms with van der Waals surface area (Å²) in [5.74, 6) is -0.306. The first-order chi connectivity index (χ1) is 12.8. The van der Waals surface area contributed by atoms with Crippen LogP contribution in [0.4, 0.5) is 5.69 Å². The summed E-state index contributed by atoms with van der Waals surface area (Å²) >= 11 is 1.52. The molecule has 2 rings (SSSR count). The number of carbonyl (C=O) groups excluding carboxylic acids is 1. The third-order valence-corrected chi connectivity index (χ3v) is 5.94. The first kappa shape index (κ1) is 21.3. The molecule has 0 saturated heterocycles. The monoisotopic (exact) mass is 406 g/mol. The fourth-order valence-electron chi connectivity index (χ4n) is 2.74. The minimum absolute atomic E-state index is 0.221. The Morgan fingerprint density at radius 3 is 2.56 bits per heavy atom. The quantitative estimate of drug-likeness (QED) is 0.513. The largest absolute Gasteiger partial charge is 0.355 e. The van der Waals surface area contributed by atoms with E-state index in [9.17, 15) is 13.2 Å². The summed E-state index contributed by atoms with van der Waals surface area (Å²) in [6.07, 6.45) is 4.71. The number of sulfonamides is 1. The maximum atomic E-state index is 12.3. The van der Waals surface area contributed by atoms with Crippen LogP contribution in [0, 0.1) is 6.92 Å². The average molecular weight is 407 g/mol. The van der Waals surface area contributed by atoms with Crippen molar-refractivity contribution in [1.82, 2.24) is 5.32 Å². The number of carbonyl (C=O) groups is 1. The van der Waals surface area contributed by atoms with Crippen LogP contribution >= 0.6 is 11.8 Å². The Morgan fingerprint density at radius 2 is 1.89 bits per heavy atom. The van der Waals surface area contributed by atoms with Crippen LogP contribution in [0.5, 0.6) is 0 Å². The van der Waals surface area contributed by atoms with E-state index in [4.69, 9.17) is 0 Å². The number of amides is 1. The Bertz CT molecular complexity index is 882. The smallest absolute Gasteiger partial charge is 0.240 e. The van der Waals surface area contributed by atoms with Gasteiger partial charge in [-0.25, -0.2) is 8.42 Å². The standard InChI is InChI=1S/C20H26N2O3S2/c1-16-7-4-8-17(13-16)9-6-12-21-20(23)15-22(27(3,24)25)18-10-5-11-19(14-18)26-2/h4-5,7-8,10-11,13-14H,6,9,12,15H2,1-3H3,(H,21,23). The van der Waals surface area contributed by atoms with E-state index >= 15 is 0 Å². The third-order valence-electron chi connectivity index (χ3n) is 4.08. The Kier molecular flexibility index (Phi) is 7.74. The van der Waals surface area contributed by atoms with Crippen molar-refractivity contribution in [3.05, 3.63) is 59.7 Å². The number of benzene rings is 2. The lowest BCUT2D eigenvalue weighted by atomic mass is 10.1. The van der Waals surface area contributed by atoms with Crippen LogP contribution in [-0.2, 0) is 21.2 Å². The first-order valence-electron chi connectivity index (χ1n) is 8.73. The highest BCUT2D eigenvalue weighted by Gasteiger charge is 2.20. The average Bonchev–Trinajstić information content (AvgIpc) is 2.62. The van der Waals surface area contributed by atoms with E-state index in [0.717, 1.165) is 28.3 Å². The topological polar surface area (TPSA) is 66.5 Å². The van der Waals surface area contributed by atoms with Crippen molar-refractivity contribution in [1.29, 1.82) is 0 Å². The molecule has 0 radical (unpaired) electrons. The lowest BCUT2D eigenvalue weighted by Gasteiger charge is -2.22. The van der Waals surface area contributed by atoms with E-state index in [-0.39, 0.29) is 12.5 Å². The Balaban J connectivity index is 1.92. The van der Waals surface area contributed by atoms with Crippen LogP contribution in [0.25, 0.3) is 0 Å². The normalized spacial score (nSPS) is 11.2. The minimum Gasteiger partial charge on any atom is -0.355 e. The molecule has 0 saturated carbocycles. The molecule has 0 aliphatic carbocycles. The van der Waals surface area contributed by atoms with Crippen LogP contribution < -0.4 is 9.62 Å². The molecule has 1 amide bonds. The molecular weight excluding hydrogens is 380 g/mol. The summed E-state index contributed by atoms with van der Waals surface area (Å²) in [4.78, 5) is 13.2. The van der Waals surface area contributed by atoms with E-state index in [1.165, 1.54) is 22.9 Å². The summed E-state index contributed by atoms with van der Waals surface area (Å²) in [5, 5.41) is 2.82. The van der Waals surface area contributed by atoms with Crippen molar-refractivity contribution in [3.8, 4) is 0 Å². The molecule has 146 valence electrons. The van der Waals surface area contributed by atoms with Crippen molar-refractivity contribution in [3.63, 3.8) is 0 Å². The van der Waals surface area contributed by atoms with Gasteiger partial charge in [0.2, 0.25) is 15.9 Å². The fraction of sp³-hybridized carbons (Fsp3) is 0.350. The van der Waals surface area contributed by atoms with Crippen LogP contribution in [0.3, 0.4) is 0 Å². The highest BCUT2D eigenvalue weighted by atomic mass is 32.2. The van der Waals surface area contributed by atoms with Gasteiger partial charge < -0.3 is 5.32 Å². The van der Waals surface area contributed by atoms with E-state index in [0.29, 0.717) is 12.2 Å². The highest BCUT2D eigenvalue weighted by molar-refractivity contribution is 7.98. The summed E-state index contributed by atoms with van der Waals surface area (Å²) in [6, 6.07) is 15.4. The van der Waals surface area contributed by atoms with Gasteiger partial charge in [0.15, 0.2) is 0 Å². The van der Waals surface area contributed by atoms with Crippen LogP contribution in [0.1, 0.15) is 17.5 Å². The lowest BCUT2D eigenvalue weighted by Crippen LogP contribution is -2.40. The second kappa shape index (κ2) is 9.80. The van der Waals surface area contributed by atoms with Gasteiger partial charge in [0.05, 0.1) is 11.9 Å². The van der Waals surface area contributed by atoms with Crippen LogP contribution in [-0.4, -0.2) is 39.9 Å². The van der Waals surface area contributed by atoms with Gasteiger partial charge in [0.1, 0.15) is 6.54 Å². The van der Waals surface area contributed by atoms with Crippen molar-refractivity contribution in [2.24, 2.45) is 0 Å². The molecule has 0 aromatic heterocycles. The molecule has 0 spiro atoms. The fourth-order valence-corrected chi connectivity index (χ4v) is 4.04. The Morgan fingerprint density at radius 1 is 1.15 bits per heavy atom. The van der Waals surface area contributed by atoms with Gasteiger partial charge in [-0.2, -0.15) is 0 Å². The molecule has 5 nitrogen and oxygen atoms in total. The molecule has 0 heterocycles. The first-order valence-corrected chi connectivity index (χ1v) is 11.8. The van der Waals surface area contributed by atoms with Crippen LogP contribution in [0.15, 0.2) is 53.4 Å². The number of thioether (sulfide) groups is 1. The Hall–Kier alpha value is -1.99. The maximum absolute atomic E-state index is 12.3. The van der Waals surface area contributed by atoms with Crippen molar-refractivity contribution < 1.29 is 13.2 Å². The van der Waals surface area contributed by atoms with Gasteiger partial charge in [0, 0.05) is 11.4 Å². The molecule has 1 N–H and O–H groups in total. The molecule has 7 heteroatoms. The number of aryl methyl sites for hydroxylation is 2. The van der Waals surface area contributed by atoms with Gasteiger partial charge in [0.25, 0.3) is 0 Å². The lowest BCUT2D eigenvalue weighted by molar-refractivity contribution is -0.119. The van der Waals surface area contributed by atoms with E-state index in [2.05, 4.69) is 30.4 Å². The maximum Gasteiger partial charge on any atom is 0.240 e. The summed E-state index contributed by atoms with van der Waals surface area (Å²) in [6.45, 7) is 2.34. The molecule has 27 heavy (non-hydrogen) atoms. The molecule has 0 aliphatic rings. The predicted molar refractivity (Wildman–Crippen MR) is 113 cm³/mol. The van der Waals surface area contributed by atoms with Crippen molar-refractivity contribution in [2.75, 3.05) is 29.9 Å². The van der Waals surface area contributed by atoms with Gasteiger partial charge >= 0.3 is 0 Å². The second-order valence-electron chi connectivity index (χ2n) is 6.41. The summed E-state index contributed by atoms with van der Waals surface area (Å²) in [5.41, 5.74) is 2.95. The van der Waals surface area contributed by atoms with E-state index in [1.54, 1.807) is 18.2 Å². The highest BCUT2D eigenvalue weighted by Crippen LogP contribution is 2.23. The Labute approximate surface area is 166 Å². The summed E-state index contributed by atoms with van der Waals surface area (Å²) in [7, 11) is -3.55. The number of anilines is 1. The molecular formula is C20H26N2O3S2. The van der Waals surface area contributed by atoms with E-state index in [1.807, 2.05) is 18.4 Å². The minimum atomic E-state index is -3.55. The molecule has 0 fully saturated rings. The number of nitrogens with one attached hydrogen (secondary N) is 1. The molecule has 2 aromatic rings. The third kappa shape index (κ3) is 6.92. The van der Waals surface area contributed by atoms with Gasteiger partial charge in [-0.05, 0) is 49.8 Å². The number of rotatable bonds is 9. The zero-order valence-electron chi connectivity index (χ0n) is 15.9. The second-order valence-corrected chi connectivity index (χ2v) is 9.20. The molecule has 0 atom stereocenters. The zero-order valence-corrected chi connectivity index (χ0v) is 17.6. The molecule has 0 aliphatic heterocycles. The van der Waals surface area contributed by atoms with Crippen molar-refractivity contribution >= 4 is 33.4 Å². The van der Waals surface area contributed by atoms with Gasteiger partial charge in [-0.1, -0.05) is 35.9 Å². The predicted octanol–water partition coefficient (Wildman–Crippen LogP) is 3.23. The molecule has 0 bridgehead atoms. The van der Waals surface area contributed by atoms with Gasteiger partial charge in [-0.15, -0.1) is 11.8 Å². The summed E-state index contributed by atoms with van der Waals surface area (Å²) < 4.78 is 25.4. The molecule has 0 unspecified atom stereocenters.